The molecule has 0 amide bonds. The molecule has 4 nitrogen and oxygen atoms in total. The predicted molar refractivity (Wildman–Crippen MR) is 67.0 cm³/mol. The van der Waals surface area contributed by atoms with Crippen LogP contribution in [0.25, 0.3) is 0 Å². The van der Waals surface area contributed by atoms with Crippen LogP contribution in [0.3, 0.4) is 0 Å². The lowest BCUT2D eigenvalue weighted by Gasteiger charge is -2.16. The summed E-state index contributed by atoms with van der Waals surface area (Å²) in [5.41, 5.74) is 6.87. The zero-order chi connectivity index (χ0) is 12.0. The third kappa shape index (κ3) is 4.77. The molecule has 92 valence electrons. The maximum Gasteiger partial charge on any atom is 0.0534 e. The van der Waals surface area contributed by atoms with Gasteiger partial charge >= 0.3 is 0 Å². The van der Waals surface area contributed by atoms with Crippen molar-refractivity contribution in [3.05, 3.63) is 18.0 Å². The van der Waals surface area contributed by atoms with Crippen LogP contribution in [-0.4, -0.2) is 34.8 Å². The molecule has 0 saturated heterocycles. The van der Waals surface area contributed by atoms with Crippen LogP contribution in [0.15, 0.2) is 12.4 Å². The van der Waals surface area contributed by atoms with E-state index in [0.29, 0.717) is 5.92 Å². The van der Waals surface area contributed by atoms with Crippen molar-refractivity contribution in [2.75, 3.05) is 20.1 Å². The van der Waals surface area contributed by atoms with Crippen LogP contribution in [0.2, 0.25) is 0 Å². The SMILES string of the molecule is CC(CN)CCCN(C)Cc1cnn(C)c1. The third-order valence-electron chi connectivity index (χ3n) is 2.85. The van der Waals surface area contributed by atoms with Crippen molar-refractivity contribution in [3.8, 4) is 0 Å². The lowest BCUT2D eigenvalue weighted by Crippen LogP contribution is -2.20. The van der Waals surface area contributed by atoms with Crippen LogP contribution in [-0.2, 0) is 13.6 Å². The van der Waals surface area contributed by atoms with Crippen LogP contribution in [0.1, 0.15) is 25.3 Å². The van der Waals surface area contributed by atoms with Gasteiger partial charge in [0.15, 0.2) is 0 Å². The molecule has 0 spiro atoms. The Labute approximate surface area is 98.4 Å². The molecule has 0 radical (unpaired) electrons. The molecule has 0 aliphatic rings. The maximum atomic E-state index is 5.59. The summed E-state index contributed by atoms with van der Waals surface area (Å²) in [4.78, 5) is 2.33. The lowest BCUT2D eigenvalue weighted by atomic mass is 10.1. The minimum absolute atomic E-state index is 0.645. The van der Waals surface area contributed by atoms with Crippen molar-refractivity contribution in [1.82, 2.24) is 14.7 Å². The van der Waals surface area contributed by atoms with Crippen LogP contribution in [0.4, 0.5) is 0 Å². The van der Waals surface area contributed by atoms with Gasteiger partial charge in [-0.05, 0) is 38.9 Å². The van der Waals surface area contributed by atoms with Crippen molar-refractivity contribution in [2.24, 2.45) is 18.7 Å². The molecular weight excluding hydrogens is 200 g/mol. The minimum atomic E-state index is 0.645. The molecule has 2 N–H and O–H groups in total. The van der Waals surface area contributed by atoms with Crippen LogP contribution in [0.5, 0.6) is 0 Å². The van der Waals surface area contributed by atoms with E-state index in [9.17, 15) is 0 Å². The topological polar surface area (TPSA) is 47.1 Å². The van der Waals surface area contributed by atoms with E-state index in [4.69, 9.17) is 5.73 Å². The van der Waals surface area contributed by atoms with E-state index in [0.717, 1.165) is 19.6 Å². The Morgan fingerprint density at radius 1 is 1.56 bits per heavy atom. The number of rotatable bonds is 7. The highest BCUT2D eigenvalue weighted by Gasteiger charge is 2.04. The molecule has 4 heteroatoms. The highest BCUT2D eigenvalue weighted by atomic mass is 15.2. The molecule has 0 aliphatic carbocycles. The average Bonchev–Trinajstić information content (AvgIpc) is 2.63. The largest absolute Gasteiger partial charge is 0.330 e. The average molecular weight is 224 g/mol. The van der Waals surface area contributed by atoms with Crippen molar-refractivity contribution in [1.29, 1.82) is 0 Å². The van der Waals surface area contributed by atoms with Crippen molar-refractivity contribution < 1.29 is 0 Å². The second kappa shape index (κ2) is 6.66. The number of hydrogen-bond donors (Lipinski definition) is 1. The van der Waals surface area contributed by atoms with Crippen molar-refractivity contribution >= 4 is 0 Å². The molecule has 0 bridgehead atoms. The Hall–Kier alpha value is -0.870. The smallest absolute Gasteiger partial charge is 0.0534 e. The van der Waals surface area contributed by atoms with Gasteiger partial charge in [-0.2, -0.15) is 5.10 Å². The van der Waals surface area contributed by atoms with Gasteiger partial charge in [0.25, 0.3) is 0 Å². The molecule has 16 heavy (non-hydrogen) atoms. The Balaban J connectivity index is 2.18. The Morgan fingerprint density at radius 2 is 2.31 bits per heavy atom. The molecule has 1 atom stereocenters. The van der Waals surface area contributed by atoms with Crippen molar-refractivity contribution in [2.45, 2.75) is 26.3 Å². The van der Waals surface area contributed by atoms with E-state index in [1.54, 1.807) is 0 Å². The summed E-state index contributed by atoms with van der Waals surface area (Å²) in [6, 6.07) is 0. The van der Waals surface area contributed by atoms with Crippen LogP contribution >= 0.6 is 0 Å². The molecular formula is C12H24N4. The Morgan fingerprint density at radius 3 is 2.88 bits per heavy atom. The molecule has 1 heterocycles. The van der Waals surface area contributed by atoms with Gasteiger partial charge in [-0.15, -0.1) is 0 Å². The van der Waals surface area contributed by atoms with Gasteiger partial charge in [-0.1, -0.05) is 6.92 Å². The first-order chi connectivity index (χ1) is 7.61. The van der Waals surface area contributed by atoms with Crippen molar-refractivity contribution in [3.63, 3.8) is 0 Å². The summed E-state index contributed by atoms with van der Waals surface area (Å²) in [5.74, 6) is 0.645. The van der Waals surface area contributed by atoms with E-state index in [-0.39, 0.29) is 0 Å². The standard InChI is InChI=1S/C12H24N4/c1-11(7-13)5-4-6-15(2)9-12-8-14-16(3)10-12/h8,10-11H,4-7,9,13H2,1-3H3. The maximum absolute atomic E-state index is 5.59. The summed E-state index contributed by atoms with van der Waals surface area (Å²) in [6.07, 6.45) is 6.43. The van der Waals surface area contributed by atoms with Gasteiger partial charge in [0.2, 0.25) is 0 Å². The van der Waals surface area contributed by atoms with E-state index >= 15 is 0 Å². The van der Waals surface area contributed by atoms with Gasteiger partial charge in [0.05, 0.1) is 6.20 Å². The number of aryl methyl sites for hydroxylation is 1. The van der Waals surface area contributed by atoms with Gasteiger partial charge in [-0.3, -0.25) is 4.68 Å². The first-order valence-corrected chi connectivity index (χ1v) is 5.98. The molecule has 0 aromatic carbocycles. The summed E-state index contributed by atoms with van der Waals surface area (Å²) in [6.45, 7) is 5.11. The van der Waals surface area contributed by atoms with Gasteiger partial charge in [0.1, 0.15) is 0 Å². The minimum Gasteiger partial charge on any atom is -0.330 e. The molecule has 1 aromatic rings. The molecule has 1 aromatic heterocycles. The summed E-state index contributed by atoms with van der Waals surface area (Å²) >= 11 is 0. The van der Waals surface area contributed by atoms with E-state index in [1.807, 2.05) is 17.9 Å². The number of nitrogens with zero attached hydrogens (tertiary/aromatic N) is 3. The van der Waals surface area contributed by atoms with Gasteiger partial charge in [0, 0.05) is 25.4 Å². The normalized spacial score (nSPS) is 13.3. The monoisotopic (exact) mass is 224 g/mol. The Kier molecular flexibility index (Phi) is 5.49. The molecule has 0 fully saturated rings. The molecule has 0 aliphatic heterocycles. The van der Waals surface area contributed by atoms with Gasteiger partial charge in [-0.25, -0.2) is 0 Å². The van der Waals surface area contributed by atoms with Crippen LogP contribution in [0, 0.1) is 5.92 Å². The molecule has 1 rings (SSSR count). The second-order valence-corrected chi connectivity index (χ2v) is 4.74. The first-order valence-electron chi connectivity index (χ1n) is 5.98. The third-order valence-corrected chi connectivity index (χ3v) is 2.85. The first kappa shape index (κ1) is 13.2. The van der Waals surface area contributed by atoms with E-state index < -0.39 is 0 Å². The highest BCUT2D eigenvalue weighted by molar-refractivity contribution is 5.02. The zero-order valence-electron chi connectivity index (χ0n) is 10.7. The summed E-state index contributed by atoms with van der Waals surface area (Å²) < 4.78 is 1.85. The second-order valence-electron chi connectivity index (χ2n) is 4.74. The quantitative estimate of drug-likeness (QED) is 0.757. The molecule has 0 saturated carbocycles. The number of aromatic nitrogens is 2. The number of nitrogens with two attached hydrogens (primary N) is 1. The van der Waals surface area contributed by atoms with Crippen LogP contribution < -0.4 is 5.73 Å². The fourth-order valence-electron chi connectivity index (χ4n) is 1.77. The summed E-state index contributed by atoms with van der Waals surface area (Å²) in [5, 5.41) is 4.16. The number of hydrogen-bond acceptors (Lipinski definition) is 3. The van der Waals surface area contributed by atoms with E-state index in [1.165, 1.54) is 18.4 Å². The predicted octanol–water partition coefficient (Wildman–Crippen LogP) is 1.23. The zero-order valence-corrected chi connectivity index (χ0v) is 10.7. The molecule has 1 unspecified atom stereocenters. The Bertz CT molecular complexity index is 295. The highest BCUT2D eigenvalue weighted by Crippen LogP contribution is 2.06. The van der Waals surface area contributed by atoms with Gasteiger partial charge < -0.3 is 10.6 Å². The fraction of sp³-hybridized carbons (Fsp3) is 0.750. The summed E-state index contributed by atoms with van der Waals surface area (Å²) in [7, 11) is 4.10. The lowest BCUT2D eigenvalue weighted by molar-refractivity contribution is 0.309. The van der Waals surface area contributed by atoms with E-state index in [2.05, 4.69) is 30.2 Å². The fourth-order valence-corrected chi connectivity index (χ4v) is 1.77.